The van der Waals surface area contributed by atoms with Crippen LogP contribution in [0.15, 0.2) is 35.4 Å². The minimum absolute atomic E-state index is 0.0300. The molecule has 0 atom stereocenters. The Hall–Kier alpha value is -2.19. The zero-order valence-electron chi connectivity index (χ0n) is 13.1. The summed E-state index contributed by atoms with van der Waals surface area (Å²) in [5.41, 5.74) is 1.87. The zero-order chi connectivity index (χ0) is 17.0. The maximum Gasteiger partial charge on any atom is 0.255 e. The van der Waals surface area contributed by atoms with Crippen LogP contribution >= 0.6 is 0 Å². The highest BCUT2D eigenvalue weighted by Gasteiger charge is 2.13. The average Bonchev–Trinajstić information content (AvgIpc) is 2.85. The molecule has 2 rings (SSSR count). The van der Waals surface area contributed by atoms with Crippen LogP contribution in [0.2, 0.25) is 0 Å². The third-order valence-electron chi connectivity index (χ3n) is 3.52. The second-order valence-corrected chi connectivity index (χ2v) is 6.81. The average molecular weight is 336 g/mol. The Labute approximate surface area is 135 Å². The first kappa shape index (κ1) is 17.2. The molecule has 124 valence electrons. The summed E-state index contributed by atoms with van der Waals surface area (Å²) in [5.74, 6) is -0.330. The number of primary sulfonamides is 1. The van der Waals surface area contributed by atoms with Gasteiger partial charge in [-0.15, -0.1) is 0 Å². The number of nitrogens with zero attached hydrogens (tertiary/aromatic N) is 2. The van der Waals surface area contributed by atoms with Gasteiger partial charge in [0.05, 0.1) is 22.5 Å². The summed E-state index contributed by atoms with van der Waals surface area (Å²) < 4.78 is 24.3. The standard InChI is InChI=1S/C15H20N4O3S/c1-3-4-9-19-11(2)14(10-17-19)18-15(20)12-5-7-13(8-6-12)23(16,21)22/h5-8,10H,3-4,9H2,1-2H3,(H,18,20)(H2,16,21,22). The SMILES string of the molecule is CCCCn1ncc(NC(=O)c2ccc(S(N)(=O)=O)cc2)c1C. The molecule has 0 aliphatic rings. The van der Waals surface area contributed by atoms with Gasteiger partial charge >= 0.3 is 0 Å². The topological polar surface area (TPSA) is 107 Å². The molecule has 0 radical (unpaired) electrons. The highest BCUT2D eigenvalue weighted by molar-refractivity contribution is 7.89. The number of carbonyl (C=O) groups excluding carboxylic acids is 1. The monoisotopic (exact) mass is 336 g/mol. The first-order valence-electron chi connectivity index (χ1n) is 7.29. The molecule has 23 heavy (non-hydrogen) atoms. The molecule has 0 saturated carbocycles. The van der Waals surface area contributed by atoms with Crippen molar-refractivity contribution in [1.82, 2.24) is 9.78 Å². The van der Waals surface area contributed by atoms with Crippen LogP contribution in [0.4, 0.5) is 5.69 Å². The lowest BCUT2D eigenvalue weighted by molar-refractivity contribution is 0.102. The zero-order valence-corrected chi connectivity index (χ0v) is 13.9. The fourth-order valence-corrected chi connectivity index (χ4v) is 2.61. The van der Waals surface area contributed by atoms with Crippen molar-refractivity contribution in [2.45, 2.75) is 38.1 Å². The molecule has 1 aromatic carbocycles. The predicted octanol–water partition coefficient (Wildman–Crippen LogP) is 1.89. The number of rotatable bonds is 6. The molecule has 0 fully saturated rings. The minimum atomic E-state index is -3.76. The molecular weight excluding hydrogens is 316 g/mol. The smallest absolute Gasteiger partial charge is 0.255 e. The Morgan fingerprint density at radius 3 is 2.52 bits per heavy atom. The highest BCUT2D eigenvalue weighted by atomic mass is 32.2. The van der Waals surface area contributed by atoms with E-state index in [1.807, 2.05) is 11.6 Å². The first-order chi connectivity index (χ1) is 10.8. The van der Waals surface area contributed by atoms with E-state index in [0.717, 1.165) is 25.1 Å². The summed E-state index contributed by atoms with van der Waals surface area (Å²) in [7, 11) is -3.76. The number of carbonyl (C=O) groups is 1. The number of hydrogen-bond donors (Lipinski definition) is 2. The Morgan fingerprint density at radius 2 is 1.96 bits per heavy atom. The molecule has 8 heteroatoms. The van der Waals surface area contributed by atoms with Crippen molar-refractivity contribution in [2.75, 3.05) is 5.32 Å². The van der Waals surface area contributed by atoms with Gasteiger partial charge in [0.2, 0.25) is 10.0 Å². The van der Waals surface area contributed by atoms with Crippen molar-refractivity contribution in [3.63, 3.8) is 0 Å². The third kappa shape index (κ3) is 4.17. The number of nitrogens with one attached hydrogen (secondary N) is 1. The Morgan fingerprint density at radius 1 is 1.30 bits per heavy atom. The van der Waals surface area contributed by atoms with E-state index in [4.69, 9.17) is 5.14 Å². The summed E-state index contributed by atoms with van der Waals surface area (Å²) in [5, 5.41) is 12.1. The highest BCUT2D eigenvalue weighted by Crippen LogP contribution is 2.16. The van der Waals surface area contributed by atoms with Crippen molar-refractivity contribution >= 4 is 21.6 Å². The second kappa shape index (κ2) is 6.93. The largest absolute Gasteiger partial charge is 0.319 e. The molecule has 0 unspecified atom stereocenters. The number of aromatic nitrogens is 2. The lowest BCUT2D eigenvalue weighted by Crippen LogP contribution is -2.15. The normalized spacial score (nSPS) is 11.4. The number of aryl methyl sites for hydroxylation is 1. The number of hydrogen-bond acceptors (Lipinski definition) is 4. The number of unbranched alkanes of at least 4 members (excludes halogenated alkanes) is 1. The number of amides is 1. The molecule has 0 aliphatic heterocycles. The van der Waals surface area contributed by atoms with E-state index < -0.39 is 10.0 Å². The number of benzene rings is 1. The van der Waals surface area contributed by atoms with Crippen molar-refractivity contribution in [3.05, 3.63) is 41.7 Å². The Balaban J connectivity index is 2.12. The van der Waals surface area contributed by atoms with E-state index in [1.165, 1.54) is 24.3 Å². The fraction of sp³-hybridized carbons (Fsp3) is 0.333. The van der Waals surface area contributed by atoms with Crippen molar-refractivity contribution in [2.24, 2.45) is 5.14 Å². The quantitative estimate of drug-likeness (QED) is 0.840. The maximum absolute atomic E-state index is 12.2. The molecular formula is C15H20N4O3S. The van der Waals surface area contributed by atoms with Gasteiger partial charge < -0.3 is 5.32 Å². The lowest BCUT2D eigenvalue weighted by atomic mass is 10.2. The summed E-state index contributed by atoms with van der Waals surface area (Å²) >= 11 is 0. The summed E-state index contributed by atoms with van der Waals surface area (Å²) in [6.07, 6.45) is 3.70. The third-order valence-corrected chi connectivity index (χ3v) is 4.45. The molecule has 3 N–H and O–H groups in total. The van der Waals surface area contributed by atoms with Gasteiger partial charge in [-0.1, -0.05) is 13.3 Å². The van der Waals surface area contributed by atoms with Gasteiger partial charge in [0.25, 0.3) is 5.91 Å². The van der Waals surface area contributed by atoms with E-state index in [-0.39, 0.29) is 10.8 Å². The van der Waals surface area contributed by atoms with Crippen LogP contribution in [0.5, 0.6) is 0 Å². The Bertz CT molecular complexity index is 795. The van der Waals surface area contributed by atoms with Gasteiger partial charge in [-0.05, 0) is 37.6 Å². The summed E-state index contributed by atoms with van der Waals surface area (Å²) in [6, 6.07) is 5.46. The number of anilines is 1. The maximum atomic E-state index is 12.2. The van der Waals surface area contributed by atoms with Crippen molar-refractivity contribution < 1.29 is 13.2 Å². The molecule has 1 amide bonds. The summed E-state index contributed by atoms with van der Waals surface area (Å²) in [6.45, 7) is 4.80. The van der Waals surface area contributed by atoms with E-state index >= 15 is 0 Å². The van der Waals surface area contributed by atoms with Crippen LogP contribution in [0.25, 0.3) is 0 Å². The Kier molecular flexibility index (Phi) is 5.17. The van der Waals surface area contributed by atoms with E-state index in [0.29, 0.717) is 11.3 Å². The van der Waals surface area contributed by atoms with E-state index in [9.17, 15) is 13.2 Å². The fourth-order valence-electron chi connectivity index (χ4n) is 2.09. The van der Waals surface area contributed by atoms with Gasteiger partial charge in [-0.2, -0.15) is 5.10 Å². The van der Waals surface area contributed by atoms with Crippen LogP contribution in [0.1, 0.15) is 35.8 Å². The molecule has 0 aliphatic carbocycles. The molecule has 0 bridgehead atoms. The van der Waals surface area contributed by atoms with Crippen LogP contribution in [-0.4, -0.2) is 24.1 Å². The lowest BCUT2D eigenvalue weighted by Gasteiger charge is -2.07. The first-order valence-corrected chi connectivity index (χ1v) is 8.84. The minimum Gasteiger partial charge on any atom is -0.319 e. The van der Waals surface area contributed by atoms with Gasteiger partial charge in [-0.3, -0.25) is 9.48 Å². The predicted molar refractivity (Wildman–Crippen MR) is 87.6 cm³/mol. The molecule has 7 nitrogen and oxygen atoms in total. The van der Waals surface area contributed by atoms with Crippen LogP contribution < -0.4 is 10.5 Å². The van der Waals surface area contributed by atoms with Gasteiger partial charge in [0.15, 0.2) is 0 Å². The van der Waals surface area contributed by atoms with E-state index in [2.05, 4.69) is 17.3 Å². The van der Waals surface area contributed by atoms with Crippen molar-refractivity contribution in [3.8, 4) is 0 Å². The molecule has 0 saturated heterocycles. The second-order valence-electron chi connectivity index (χ2n) is 5.24. The van der Waals surface area contributed by atoms with Crippen LogP contribution in [0, 0.1) is 6.92 Å². The van der Waals surface area contributed by atoms with Gasteiger partial charge in [0.1, 0.15) is 0 Å². The molecule has 0 spiro atoms. The molecule has 1 aromatic heterocycles. The van der Waals surface area contributed by atoms with E-state index in [1.54, 1.807) is 6.20 Å². The van der Waals surface area contributed by atoms with Gasteiger partial charge in [0, 0.05) is 12.1 Å². The molecule has 1 heterocycles. The van der Waals surface area contributed by atoms with Crippen LogP contribution in [0.3, 0.4) is 0 Å². The number of sulfonamides is 1. The summed E-state index contributed by atoms with van der Waals surface area (Å²) in [4.78, 5) is 12.2. The van der Waals surface area contributed by atoms with Crippen molar-refractivity contribution in [1.29, 1.82) is 0 Å². The van der Waals surface area contributed by atoms with Gasteiger partial charge in [-0.25, -0.2) is 13.6 Å². The molecule has 2 aromatic rings. The van der Waals surface area contributed by atoms with Crippen LogP contribution in [-0.2, 0) is 16.6 Å². The number of nitrogens with two attached hydrogens (primary N) is 1.